The zero-order valence-corrected chi connectivity index (χ0v) is 17.3. The largest absolute Gasteiger partial charge is 0.339 e. The molecule has 0 spiro atoms. The van der Waals surface area contributed by atoms with Crippen LogP contribution in [0.4, 0.5) is 10.1 Å². The van der Waals surface area contributed by atoms with E-state index in [9.17, 15) is 22.4 Å². The monoisotopic (exact) mass is 452 g/mol. The first-order valence-corrected chi connectivity index (χ1v) is 10.9. The quantitative estimate of drug-likeness (QED) is 0.526. The van der Waals surface area contributed by atoms with E-state index in [1.807, 2.05) is 0 Å². The number of fused-ring (bicyclic) bond motifs is 1. The molecule has 0 fully saturated rings. The van der Waals surface area contributed by atoms with Gasteiger partial charge in [-0.05, 0) is 54.1 Å². The van der Waals surface area contributed by atoms with Gasteiger partial charge in [0, 0.05) is 16.8 Å². The number of amidine groups is 1. The number of nitrogens with zero attached hydrogens (tertiary/aromatic N) is 1. The Bertz CT molecular complexity index is 1320. The van der Waals surface area contributed by atoms with E-state index in [0.29, 0.717) is 16.8 Å². The highest BCUT2D eigenvalue weighted by molar-refractivity contribution is 7.90. The van der Waals surface area contributed by atoms with Crippen LogP contribution in [0.3, 0.4) is 0 Å². The lowest BCUT2D eigenvalue weighted by Gasteiger charge is -2.09. The Kier molecular flexibility index (Phi) is 5.69. The Morgan fingerprint density at radius 3 is 2.28 bits per heavy atom. The number of hydrogen-bond acceptors (Lipinski definition) is 5. The number of rotatable bonds is 4. The average Bonchev–Trinajstić information content (AvgIpc) is 3.04. The molecule has 10 heteroatoms. The molecule has 3 N–H and O–H groups in total. The molecule has 3 aromatic rings. The summed E-state index contributed by atoms with van der Waals surface area (Å²) in [6.45, 7) is 0. The van der Waals surface area contributed by atoms with E-state index in [0.717, 1.165) is 0 Å². The lowest BCUT2D eigenvalue weighted by molar-refractivity contribution is -0.121. The van der Waals surface area contributed by atoms with E-state index in [4.69, 9.17) is 0 Å². The Hall–Kier alpha value is -4.05. The first-order valence-electron chi connectivity index (χ1n) is 9.47. The van der Waals surface area contributed by atoms with E-state index in [-0.39, 0.29) is 22.7 Å². The number of nitrogens with one attached hydrogen (secondary N) is 3. The zero-order chi connectivity index (χ0) is 22.7. The van der Waals surface area contributed by atoms with Gasteiger partial charge in [-0.1, -0.05) is 24.3 Å². The Balaban J connectivity index is 1.35. The molecule has 0 radical (unpaired) electrons. The molecule has 2 amide bonds. The number of hydrogen-bond donors (Lipinski definition) is 3. The van der Waals surface area contributed by atoms with Crippen molar-refractivity contribution >= 4 is 33.4 Å². The van der Waals surface area contributed by atoms with Crippen molar-refractivity contribution in [2.45, 2.75) is 11.3 Å². The lowest BCUT2D eigenvalue weighted by Crippen LogP contribution is -2.42. The maximum absolute atomic E-state index is 12.9. The zero-order valence-electron chi connectivity index (χ0n) is 16.5. The van der Waals surface area contributed by atoms with Crippen LogP contribution in [-0.2, 0) is 21.2 Å². The van der Waals surface area contributed by atoms with Crippen LogP contribution in [0.1, 0.15) is 21.5 Å². The summed E-state index contributed by atoms with van der Waals surface area (Å²) in [5.74, 6) is -1.19. The lowest BCUT2D eigenvalue weighted by atomic mass is 10.1. The molecule has 32 heavy (non-hydrogen) atoms. The predicted molar refractivity (Wildman–Crippen MR) is 116 cm³/mol. The maximum Gasteiger partial charge on any atom is 0.285 e. The molecule has 8 nitrogen and oxygen atoms in total. The second-order valence-electron chi connectivity index (χ2n) is 6.92. The maximum atomic E-state index is 12.9. The highest BCUT2D eigenvalue weighted by Crippen LogP contribution is 2.26. The number of hydrazine groups is 1. The Morgan fingerprint density at radius 2 is 1.56 bits per heavy atom. The molecule has 162 valence electrons. The molecule has 1 aliphatic rings. The van der Waals surface area contributed by atoms with Gasteiger partial charge in [0.05, 0.1) is 6.42 Å². The molecule has 0 unspecified atom stereocenters. The van der Waals surface area contributed by atoms with Crippen molar-refractivity contribution < 1.29 is 22.4 Å². The molecular formula is C22H17FN4O4S. The van der Waals surface area contributed by atoms with Gasteiger partial charge in [-0.25, -0.2) is 4.39 Å². The van der Waals surface area contributed by atoms with Crippen LogP contribution in [0.15, 0.2) is 82.1 Å². The van der Waals surface area contributed by atoms with Gasteiger partial charge in [0.2, 0.25) is 5.91 Å². The van der Waals surface area contributed by atoms with E-state index in [2.05, 4.69) is 20.6 Å². The van der Waals surface area contributed by atoms with E-state index < -0.39 is 27.7 Å². The number of amides is 2. The average molecular weight is 452 g/mol. The highest BCUT2D eigenvalue weighted by atomic mass is 32.2. The molecule has 0 aromatic heterocycles. The van der Waals surface area contributed by atoms with Gasteiger partial charge in [0.25, 0.3) is 15.9 Å². The number of carbonyl (C=O) groups excluding carboxylic acids is 2. The summed E-state index contributed by atoms with van der Waals surface area (Å²) >= 11 is 0. The minimum atomic E-state index is -3.73. The molecule has 1 aliphatic heterocycles. The fraction of sp³-hybridized carbons (Fsp3) is 0.0455. The SMILES string of the molecule is O=C(Cc1ccc(F)cc1)NNC(=O)c1ccc(NC2=NS(=O)(=O)c3ccccc32)cc1. The van der Waals surface area contributed by atoms with Crippen molar-refractivity contribution in [1.82, 2.24) is 10.9 Å². The van der Waals surface area contributed by atoms with E-state index in [1.54, 1.807) is 30.3 Å². The van der Waals surface area contributed by atoms with Gasteiger partial charge in [0.1, 0.15) is 10.7 Å². The number of anilines is 1. The van der Waals surface area contributed by atoms with Gasteiger partial charge in [-0.15, -0.1) is 4.40 Å². The van der Waals surface area contributed by atoms with Crippen molar-refractivity contribution in [2.24, 2.45) is 4.40 Å². The van der Waals surface area contributed by atoms with Gasteiger partial charge in [0.15, 0.2) is 5.84 Å². The van der Waals surface area contributed by atoms with Crippen molar-refractivity contribution in [3.8, 4) is 0 Å². The number of benzene rings is 3. The molecular weight excluding hydrogens is 435 g/mol. The highest BCUT2D eigenvalue weighted by Gasteiger charge is 2.28. The van der Waals surface area contributed by atoms with Crippen LogP contribution in [0.5, 0.6) is 0 Å². The molecule has 0 bridgehead atoms. The normalized spacial score (nSPS) is 13.6. The minimum Gasteiger partial charge on any atom is -0.339 e. The van der Waals surface area contributed by atoms with Crippen LogP contribution in [0.2, 0.25) is 0 Å². The van der Waals surface area contributed by atoms with E-state index >= 15 is 0 Å². The molecule has 0 saturated heterocycles. The summed E-state index contributed by atoms with van der Waals surface area (Å²) in [5.41, 5.74) is 6.50. The Labute approximate surface area is 183 Å². The second-order valence-corrected chi connectivity index (χ2v) is 8.49. The van der Waals surface area contributed by atoms with Crippen LogP contribution >= 0.6 is 0 Å². The summed E-state index contributed by atoms with van der Waals surface area (Å²) in [6.07, 6.45) is -0.0179. The first-order chi connectivity index (χ1) is 15.3. The summed E-state index contributed by atoms with van der Waals surface area (Å²) in [5, 5.41) is 2.94. The van der Waals surface area contributed by atoms with Gasteiger partial charge >= 0.3 is 0 Å². The standard InChI is InChI=1S/C22H17FN4O4S/c23-16-9-5-14(6-10-16)13-20(28)25-26-22(29)15-7-11-17(12-8-15)24-21-18-3-1-2-4-19(18)32(30,31)27-21/h1-12H,13H2,(H,24,27)(H,25,28)(H,26,29). The number of carbonyl (C=O) groups is 2. The van der Waals surface area contributed by atoms with Gasteiger partial charge in [-0.3, -0.25) is 20.4 Å². The fourth-order valence-electron chi connectivity index (χ4n) is 3.07. The first kappa shape index (κ1) is 21.2. The molecule has 0 aliphatic carbocycles. The minimum absolute atomic E-state index is 0.0179. The Morgan fingerprint density at radius 1 is 0.875 bits per heavy atom. The summed E-state index contributed by atoms with van der Waals surface area (Å²) in [7, 11) is -3.73. The van der Waals surface area contributed by atoms with E-state index in [1.165, 1.54) is 42.5 Å². The smallest absolute Gasteiger partial charge is 0.285 e. The third kappa shape index (κ3) is 4.65. The number of halogens is 1. The van der Waals surface area contributed by atoms with Crippen LogP contribution in [0.25, 0.3) is 0 Å². The summed E-state index contributed by atoms with van der Waals surface area (Å²) in [6, 6.07) is 18.2. The molecule has 0 saturated carbocycles. The second kappa shape index (κ2) is 8.60. The molecule has 3 aromatic carbocycles. The topological polar surface area (TPSA) is 117 Å². The van der Waals surface area contributed by atoms with Crippen LogP contribution < -0.4 is 16.2 Å². The van der Waals surface area contributed by atoms with Crippen LogP contribution in [-0.4, -0.2) is 26.1 Å². The van der Waals surface area contributed by atoms with Gasteiger partial charge in [-0.2, -0.15) is 8.42 Å². The van der Waals surface area contributed by atoms with Crippen LogP contribution in [0, 0.1) is 5.82 Å². The van der Waals surface area contributed by atoms with Crippen molar-refractivity contribution in [1.29, 1.82) is 0 Å². The van der Waals surface area contributed by atoms with Gasteiger partial charge < -0.3 is 5.32 Å². The number of sulfonamides is 1. The molecule has 1 heterocycles. The third-order valence-corrected chi connectivity index (χ3v) is 5.97. The van der Waals surface area contributed by atoms with Crippen molar-refractivity contribution in [3.05, 3.63) is 95.3 Å². The van der Waals surface area contributed by atoms with Crippen molar-refractivity contribution in [2.75, 3.05) is 5.32 Å². The molecule has 0 atom stereocenters. The van der Waals surface area contributed by atoms with Crippen molar-refractivity contribution in [3.63, 3.8) is 0 Å². The predicted octanol–water partition coefficient (Wildman–Crippen LogP) is 2.39. The third-order valence-electron chi connectivity index (χ3n) is 4.63. The summed E-state index contributed by atoms with van der Waals surface area (Å²) in [4.78, 5) is 24.3. The molecule has 4 rings (SSSR count). The fourth-order valence-corrected chi connectivity index (χ4v) is 4.24. The summed E-state index contributed by atoms with van der Waals surface area (Å²) < 4.78 is 40.9.